The van der Waals surface area contributed by atoms with Crippen LogP contribution in [0.4, 0.5) is 11.4 Å². The fraction of sp³-hybridized carbons (Fsp3) is 0.633. The van der Waals surface area contributed by atoms with Crippen molar-refractivity contribution in [2.24, 2.45) is 51.8 Å². The van der Waals surface area contributed by atoms with E-state index in [2.05, 4.69) is 26.8 Å². The van der Waals surface area contributed by atoms with Crippen molar-refractivity contribution in [3.63, 3.8) is 0 Å². The van der Waals surface area contributed by atoms with Gasteiger partial charge in [0.2, 0.25) is 11.8 Å². The predicted molar refractivity (Wildman–Crippen MR) is 140 cm³/mol. The van der Waals surface area contributed by atoms with Gasteiger partial charge < -0.3 is 5.11 Å². The lowest BCUT2D eigenvalue weighted by atomic mass is 9.34. The quantitative estimate of drug-likeness (QED) is 0.239. The van der Waals surface area contributed by atoms with E-state index in [0.717, 1.165) is 19.3 Å². The number of nitro groups is 1. The Labute approximate surface area is 222 Å². The molecule has 3 saturated carbocycles. The number of nitrogens with zero attached hydrogens (tertiary/aromatic N) is 2. The average Bonchev–Trinajstić information content (AvgIpc) is 3.15. The van der Waals surface area contributed by atoms with Crippen LogP contribution in [-0.2, 0) is 14.4 Å². The standard InChI is InChI=1S/C30H36N2O6/c1-16(2)20-15-30-12-9-21-28(3,10-6-11-29(21,4)27(35)36)22(30)14-19(20)23-24(30)26(34)31(25(23)33)17-7-5-8-18(13-17)32(37)38/h5,7-8,13,15-16,19,21-24H,6,9-12,14H2,1-4H3,(H,35,36)/t19-,21+,22+,23-,24+,28+,29-,30+/m1/s1. The number of rotatable bonds is 4. The minimum atomic E-state index is -0.792. The van der Waals surface area contributed by atoms with Crippen LogP contribution in [0.1, 0.15) is 66.2 Å². The van der Waals surface area contributed by atoms with Crippen LogP contribution in [0, 0.1) is 61.9 Å². The lowest BCUT2D eigenvalue weighted by Crippen LogP contribution is -2.65. The molecule has 202 valence electrons. The number of imide groups is 1. The normalized spacial score (nSPS) is 41.4. The summed E-state index contributed by atoms with van der Waals surface area (Å²) in [6.45, 7) is 8.44. The summed E-state index contributed by atoms with van der Waals surface area (Å²) >= 11 is 0. The van der Waals surface area contributed by atoms with Crippen molar-refractivity contribution in [1.82, 2.24) is 0 Å². The Morgan fingerprint density at radius 3 is 2.53 bits per heavy atom. The zero-order valence-corrected chi connectivity index (χ0v) is 22.5. The first-order valence-electron chi connectivity index (χ1n) is 13.9. The van der Waals surface area contributed by atoms with E-state index in [4.69, 9.17) is 0 Å². The first kappa shape index (κ1) is 25.3. The van der Waals surface area contributed by atoms with Gasteiger partial charge >= 0.3 is 5.97 Å². The molecular weight excluding hydrogens is 484 g/mol. The molecule has 2 amide bonds. The van der Waals surface area contributed by atoms with Crippen molar-refractivity contribution >= 4 is 29.2 Å². The summed E-state index contributed by atoms with van der Waals surface area (Å²) in [6, 6.07) is 5.80. The number of non-ortho nitro benzene ring substituents is 1. The van der Waals surface area contributed by atoms with Gasteiger partial charge in [-0.1, -0.05) is 44.9 Å². The molecule has 8 nitrogen and oxygen atoms in total. The Morgan fingerprint density at radius 1 is 1.13 bits per heavy atom. The number of amides is 2. The number of hydrogen-bond acceptors (Lipinski definition) is 5. The molecule has 0 aromatic heterocycles. The molecule has 38 heavy (non-hydrogen) atoms. The van der Waals surface area contributed by atoms with Crippen LogP contribution in [-0.4, -0.2) is 27.8 Å². The van der Waals surface area contributed by atoms with E-state index in [1.54, 1.807) is 6.07 Å². The largest absolute Gasteiger partial charge is 0.481 e. The van der Waals surface area contributed by atoms with Gasteiger partial charge in [-0.05, 0) is 74.2 Å². The Kier molecular flexibility index (Phi) is 5.31. The maximum absolute atomic E-state index is 14.3. The number of carboxylic acid groups (broad SMARTS) is 1. The number of carbonyl (C=O) groups is 3. The molecule has 1 heterocycles. The van der Waals surface area contributed by atoms with Crippen LogP contribution in [0.5, 0.6) is 0 Å². The van der Waals surface area contributed by atoms with E-state index in [1.807, 2.05) is 6.92 Å². The SMILES string of the molecule is CC(C)C1=C[C@@]23CC[C@H]4[C@](C)(CCC[C@@]4(C)C(=O)O)[C@@H]2C[C@H]1[C@H]1C(=O)N(c2cccc([N+](=O)[O-])c2)C(=O)[C@H]13. The second kappa shape index (κ2) is 7.99. The van der Waals surface area contributed by atoms with Crippen molar-refractivity contribution in [3.8, 4) is 0 Å². The molecule has 0 unspecified atom stereocenters. The summed E-state index contributed by atoms with van der Waals surface area (Å²) in [5.41, 5.74) is -0.195. The van der Waals surface area contributed by atoms with Crippen LogP contribution in [0.15, 0.2) is 35.9 Å². The Bertz CT molecular complexity index is 1300. The number of allylic oxidation sites excluding steroid dienone is 2. The third-order valence-corrected chi connectivity index (χ3v) is 11.5. The zero-order chi connectivity index (χ0) is 27.4. The van der Waals surface area contributed by atoms with Gasteiger partial charge in [-0.25, -0.2) is 4.90 Å². The molecule has 1 aliphatic heterocycles. The smallest absolute Gasteiger partial charge is 0.309 e. The molecule has 4 fully saturated rings. The lowest BCUT2D eigenvalue weighted by molar-refractivity contribution is -0.384. The summed E-state index contributed by atoms with van der Waals surface area (Å²) in [5, 5.41) is 21.7. The van der Waals surface area contributed by atoms with Gasteiger partial charge in [0.1, 0.15) is 0 Å². The Balaban J connectivity index is 1.48. The third-order valence-electron chi connectivity index (χ3n) is 11.5. The van der Waals surface area contributed by atoms with E-state index in [0.29, 0.717) is 19.3 Å². The second-order valence-corrected chi connectivity index (χ2v) is 13.3. The molecule has 6 aliphatic rings. The summed E-state index contributed by atoms with van der Waals surface area (Å²) in [6.07, 6.45) is 6.97. The van der Waals surface area contributed by atoms with Gasteiger partial charge in [0, 0.05) is 17.5 Å². The van der Waals surface area contributed by atoms with Crippen LogP contribution < -0.4 is 4.90 Å². The summed E-state index contributed by atoms with van der Waals surface area (Å²) in [7, 11) is 0. The maximum Gasteiger partial charge on any atom is 0.309 e. The lowest BCUT2D eigenvalue weighted by Gasteiger charge is -2.68. The number of benzene rings is 1. The average molecular weight is 521 g/mol. The highest BCUT2D eigenvalue weighted by molar-refractivity contribution is 6.23. The van der Waals surface area contributed by atoms with Gasteiger partial charge in [-0.2, -0.15) is 0 Å². The molecule has 2 bridgehead atoms. The molecule has 1 aromatic rings. The summed E-state index contributed by atoms with van der Waals surface area (Å²) in [5.74, 6) is -1.95. The van der Waals surface area contributed by atoms with Crippen LogP contribution >= 0.6 is 0 Å². The van der Waals surface area contributed by atoms with Gasteiger partial charge in [0.25, 0.3) is 5.69 Å². The number of carboxylic acids is 1. The minimum absolute atomic E-state index is 0.0191. The second-order valence-electron chi connectivity index (χ2n) is 13.3. The van der Waals surface area contributed by atoms with E-state index in [1.165, 1.54) is 28.7 Å². The van der Waals surface area contributed by atoms with E-state index < -0.39 is 33.6 Å². The van der Waals surface area contributed by atoms with Gasteiger partial charge in [0.15, 0.2) is 0 Å². The Morgan fingerprint density at radius 2 is 1.87 bits per heavy atom. The van der Waals surface area contributed by atoms with Gasteiger partial charge in [-0.15, -0.1) is 0 Å². The summed E-state index contributed by atoms with van der Waals surface area (Å²) < 4.78 is 0. The molecule has 0 radical (unpaired) electrons. The number of nitro benzene ring substituents is 1. The zero-order valence-electron chi connectivity index (χ0n) is 22.5. The van der Waals surface area contributed by atoms with E-state index in [9.17, 15) is 29.6 Å². The minimum Gasteiger partial charge on any atom is -0.481 e. The Hall–Kier alpha value is -3.03. The van der Waals surface area contributed by atoms with Crippen LogP contribution in [0.2, 0.25) is 0 Å². The van der Waals surface area contributed by atoms with Crippen molar-refractivity contribution in [1.29, 1.82) is 0 Å². The molecule has 7 rings (SSSR count). The van der Waals surface area contributed by atoms with Gasteiger partial charge in [0.05, 0.1) is 27.9 Å². The number of aliphatic carboxylic acids is 1. The van der Waals surface area contributed by atoms with Crippen LogP contribution in [0.3, 0.4) is 0 Å². The topological polar surface area (TPSA) is 118 Å². The molecule has 1 N–H and O–H groups in total. The molecule has 5 aliphatic carbocycles. The fourth-order valence-corrected chi connectivity index (χ4v) is 9.96. The van der Waals surface area contributed by atoms with Crippen LogP contribution in [0.25, 0.3) is 0 Å². The third kappa shape index (κ3) is 3.00. The van der Waals surface area contributed by atoms with E-state index >= 15 is 0 Å². The van der Waals surface area contributed by atoms with Crippen molar-refractivity contribution < 1.29 is 24.4 Å². The van der Waals surface area contributed by atoms with Crippen molar-refractivity contribution in [2.75, 3.05) is 4.90 Å². The predicted octanol–water partition coefficient (Wildman–Crippen LogP) is 5.61. The van der Waals surface area contributed by atoms with Gasteiger partial charge in [-0.3, -0.25) is 24.5 Å². The molecule has 8 atom stereocenters. The molecule has 1 saturated heterocycles. The highest BCUT2D eigenvalue weighted by Crippen LogP contribution is 2.74. The molecular formula is C30H36N2O6. The molecule has 1 aromatic carbocycles. The molecule has 1 spiro atoms. The highest BCUT2D eigenvalue weighted by atomic mass is 16.6. The highest BCUT2D eigenvalue weighted by Gasteiger charge is 2.73. The number of hydrogen-bond donors (Lipinski definition) is 1. The van der Waals surface area contributed by atoms with Crippen molar-refractivity contribution in [2.45, 2.75) is 66.2 Å². The first-order chi connectivity index (χ1) is 17.9. The number of carbonyl (C=O) groups excluding carboxylic acids is 2. The number of fused-ring (bicyclic) bond motifs is 1. The number of anilines is 1. The van der Waals surface area contributed by atoms with Crippen molar-refractivity contribution in [3.05, 3.63) is 46.0 Å². The first-order valence-corrected chi connectivity index (χ1v) is 13.9. The monoisotopic (exact) mass is 520 g/mol. The van der Waals surface area contributed by atoms with E-state index in [-0.39, 0.29) is 52.3 Å². The fourth-order valence-electron chi connectivity index (χ4n) is 9.96. The molecule has 8 heteroatoms. The summed E-state index contributed by atoms with van der Waals surface area (Å²) in [4.78, 5) is 53.0. The maximum atomic E-state index is 14.3.